The van der Waals surface area contributed by atoms with Crippen molar-refractivity contribution in [1.29, 1.82) is 0 Å². The number of carbonyl (C=O) groups excluding carboxylic acids is 2. The Morgan fingerprint density at radius 1 is 1.33 bits per heavy atom. The maximum absolute atomic E-state index is 13.0. The van der Waals surface area contributed by atoms with E-state index >= 15 is 0 Å². The van der Waals surface area contributed by atoms with Gasteiger partial charge in [-0.3, -0.25) is 19.9 Å². The van der Waals surface area contributed by atoms with Crippen LogP contribution in [0.25, 0.3) is 0 Å². The molecule has 9 heteroatoms. The topological polar surface area (TPSA) is 117 Å². The summed E-state index contributed by atoms with van der Waals surface area (Å²) >= 11 is 0. The monoisotopic (exact) mass is 416 g/mol. The molecule has 0 radical (unpaired) electrons. The SMILES string of the molecule is COC(=O)C1C(C)=NC(C)=C(C(=O)OC[C@@H]2CCCO2)[C@H]1c1cccc([N+](=O)[O-])c1. The van der Waals surface area contributed by atoms with Crippen LogP contribution in [0.5, 0.6) is 0 Å². The van der Waals surface area contributed by atoms with Crippen molar-refractivity contribution in [1.82, 2.24) is 0 Å². The van der Waals surface area contributed by atoms with Crippen molar-refractivity contribution in [3.63, 3.8) is 0 Å². The number of methoxy groups -OCH3 is 1. The lowest BCUT2D eigenvalue weighted by Gasteiger charge is -2.31. The number of benzene rings is 1. The van der Waals surface area contributed by atoms with Crippen LogP contribution < -0.4 is 0 Å². The van der Waals surface area contributed by atoms with Crippen LogP contribution in [0.15, 0.2) is 40.5 Å². The smallest absolute Gasteiger partial charge is 0.336 e. The number of allylic oxidation sites excluding steroid dienone is 1. The number of esters is 2. The van der Waals surface area contributed by atoms with E-state index < -0.39 is 28.7 Å². The van der Waals surface area contributed by atoms with Gasteiger partial charge in [-0.25, -0.2) is 4.79 Å². The number of hydrogen-bond donors (Lipinski definition) is 0. The normalized spacial score (nSPS) is 23.7. The predicted molar refractivity (Wildman–Crippen MR) is 107 cm³/mol. The molecule has 9 nitrogen and oxygen atoms in total. The van der Waals surface area contributed by atoms with E-state index in [1.807, 2.05) is 0 Å². The van der Waals surface area contributed by atoms with Crippen molar-refractivity contribution in [2.24, 2.45) is 10.9 Å². The molecule has 0 aliphatic carbocycles. The maximum Gasteiger partial charge on any atom is 0.336 e. The summed E-state index contributed by atoms with van der Waals surface area (Å²) in [5, 5.41) is 11.3. The Morgan fingerprint density at radius 2 is 2.10 bits per heavy atom. The number of nitro benzene ring substituents is 1. The largest absolute Gasteiger partial charge is 0.468 e. The molecule has 0 aromatic heterocycles. The van der Waals surface area contributed by atoms with Gasteiger partial charge in [0.05, 0.1) is 23.7 Å². The molecule has 1 unspecified atom stereocenters. The average Bonchev–Trinajstić information content (AvgIpc) is 3.24. The van der Waals surface area contributed by atoms with Gasteiger partial charge in [0.25, 0.3) is 5.69 Å². The highest BCUT2D eigenvalue weighted by Crippen LogP contribution is 2.41. The highest BCUT2D eigenvalue weighted by Gasteiger charge is 2.42. The van der Waals surface area contributed by atoms with Gasteiger partial charge >= 0.3 is 11.9 Å². The maximum atomic E-state index is 13.0. The van der Waals surface area contributed by atoms with Gasteiger partial charge in [0.2, 0.25) is 0 Å². The lowest BCUT2D eigenvalue weighted by atomic mass is 9.75. The minimum absolute atomic E-state index is 0.100. The molecule has 30 heavy (non-hydrogen) atoms. The van der Waals surface area contributed by atoms with Gasteiger partial charge in [-0.1, -0.05) is 12.1 Å². The Kier molecular flexibility index (Phi) is 6.61. The fraction of sp³-hybridized carbons (Fsp3) is 0.476. The number of hydrogen-bond acceptors (Lipinski definition) is 8. The molecule has 160 valence electrons. The second-order valence-electron chi connectivity index (χ2n) is 7.32. The van der Waals surface area contributed by atoms with E-state index in [-0.39, 0.29) is 24.0 Å². The zero-order chi connectivity index (χ0) is 21.8. The molecule has 0 bridgehead atoms. The van der Waals surface area contributed by atoms with Gasteiger partial charge in [-0.05, 0) is 32.3 Å². The van der Waals surface area contributed by atoms with Crippen molar-refractivity contribution in [3.8, 4) is 0 Å². The molecule has 0 N–H and O–H groups in total. The van der Waals surface area contributed by atoms with E-state index in [9.17, 15) is 19.7 Å². The summed E-state index contributed by atoms with van der Waals surface area (Å²) in [6.07, 6.45) is 1.56. The van der Waals surface area contributed by atoms with Crippen LogP contribution in [-0.4, -0.2) is 49.0 Å². The zero-order valence-electron chi connectivity index (χ0n) is 17.1. The predicted octanol–water partition coefficient (Wildman–Crippen LogP) is 2.94. The lowest BCUT2D eigenvalue weighted by molar-refractivity contribution is -0.384. The molecule has 1 aromatic rings. The van der Waals surface area contributed by atoms with E-state index in [1.54, 1.807) is 19.9 Å². The van der Waals surface area contributed by atoms with Crippen LogP contribution in [0.1, 0.15) is 38.2 Å². The van der Waals surface area contributed by atoms with Crippen LogP contribution in [0.3, 0.4) is 0 Å². The standard InChI is InChI=1S/C21H24N2O7/c1-12-17(20(24)28-3)19(14-6-4-7-15(10-14)23(26)27)18(13(2)22-12)21(25)30-11-16-8-5-9-29-16/h4,6-7,10,16-17,19H,5,8-9,11H2,1-3H3/t16-,17?,19-/m0/s1. The Morgan fingerprint density at radius 3 is 2.73 bits per heavy atom. The molecule has 3 rings (SSSR count). The molecule has 0 saturated carbocycles. The third kappa shape index (κ3) is 4.40. The lowest BCUT2D eigenvalue weighted by Crippen LogP contribution is -2.36. The van der Waals surface area contributed by atoms with Crippen molar-refractivity contribution in [2.75, 3.05) is 20.3 Å². The van der Waals surface area contributed by atoms with Gasteiger partial charge in [0.1, 0.15) is 12.5 Å². The first-order valence-corrected chi connectivity index (χ1v) is 9.70. The summed E-state index contributed by atoms with van der Waals surface area (Å²) in [7, 11) is 1.25. The molecule has 2 aliphatic rings. The van der Waals surface area contributed by atoms with Crippen molar-refractivity contribution in [3.05, 3.63) is 51.2 Å². The van der Waals surface area contributed by atoms with Gasteiger partial charge in [-0.2, -0.15) is 0 Å². The summed E-state index contributed by atoms with van der Waals surface area (Å²) in [6.45, 7) is 4.06. The van der Waals surface area contributed by atoms with Crippen molar-refractivity contribution < 1.29 is 28.7 Å². The van der Waals surface area contributed by atoms with Crippen molar-refractivity contribution >= 4 is 23.3 Å². The second kappa shape index (κ2) is 9.17. The van der Waals surface area contributed by atoms with E-state index in [0.29, 0.717) is 23.6 Å². The number of nitro groups is 1. The molecular weight excluding hydrogens is 392 g/mol. The fourth-order valence-corrected chi connectivity index (χ4v) is 3.95. The quantitative estimate of drug-likeness (QED) is 0.397. The zero-order valence-corrected chi connectivity index (χ0v) is 17.1. The highest BCUT2D eigenvalue weighted by atomic mass is 16.6. The summed E-state index contributed by atoms with van der Waals surface area (Å²) < 4.78 is 15.9. The number of carbonyl (C=O) groups is 2. The molecule has 0 spiro atoms. The number of nitrogens with zero attached hydrogens (tertiary/aromatic N) is 2. The Labute approximate surface area is 173 Å². The average molecular weight is 416 g/mol. The summed E-state index contributed by atoms with van der Waals surface area (Å²) in [6, 6.07) is 5.88. The minimum Gasteiger partial charge on any atom is -0.468 e. The molecule has 2 heterocycles. The highest BCUT2D eigenvalue weighted by molar-refractivity contribution is 6.07. The summed E-state index contributed by atoms with van der Waals surface area (Å²) in [4.78, 5) is 40.8. The Bertz CT molecular complexity index is 916. The summed E-state index contributed by atoms with van der Waals surface area (Å²) in [5.41, 5.74) is 1.36. The third-order valence-electron chi connectivity index (χ3n) is 5.37. The number of ether oxygens (including phenoxy) is 3. The first-order valence-electron chi connectivity index (χ1n) is 9.70. The van der Waals surface area contributed by atoms with Crippen LogP contribution in [-0.2, 0) is 23.8 Å². The van der Waals surface area contributed by atoms with Gasteiger partial charge in [0, 0.05) is 36.1 Å². The first kappa shape index (κ1) is 21.6. The molecule has 0 amide bonds. The van der Waals surface area contributed by atoms with E-state index in [4.69, 9.17) is 14.2 Å². The van der Waals surface area contributed by atoms with E-state index in [2.05, 4.69) is 4.99 Å². The number of aliphatic imine (C=N–C) groups is 1. The molecule has 1 saturated heterocycles. The fourth-order valence-electron chi connectivity index (χ4n) is 3.95. The van der Waals surface area contributed by atoms with Crippen LogP contribution in [0.2, 0.25) is 0 Å². The van der Waals surface area contributed by atoms with Crippen LogP contribution in [0, 0.1) is 16.0 Å². The van der Waals surface area contributed by atoms with Gasteiger partial charge < -0.3 is 14.2 Å². The van der Waals surface area contributed by atoms with Crippen LogP contribution >= 0.6 is 0 Å². The molecule has 3 atom stereocenters. The second-order valence-corrected chi connectivity index (χ2v) is 7.32. The third-order valence-corrected chi connectivity index (χ3v) is 5.37. The number of rotatable bonds is 6. The number of non-ortho nitro benzene ring substituents is 1. The molecule has 1 fully saturated rings. The van der Waals surface area contributed by atoms with Gasteiger partial charge in [0.15, 0.2) is 0 Å². The molecular formula is C21H24N2O7. The Balaban J connectivity index is 2.02. The minimum atomic E-state index is -0.897. The molecule has 2 aliphatic heterocycles. The first-order chi connectivity index (χ1) is 14.3. The summed E-state index contributed by atoms with van der Waals surface area (Å²) in [5.74, 6) is -2.91. The van der Waals surface area contributed by atoms with Crippen LogP contribution in [0.4, 0.5) is 5.69 Å². The van der Waals surface area contributed by atoms with E-state index in [1.165, 1.54) is 25.3 Å². The Hall–Kier alpha value is -3.07. The van der Waals surface area contributed by atoms with Gasteiger partial charge in [-0.15, -0.1) is 0 Å². The van der Waals surface area contributed by atoms with Crippen molar-refractivity contribution in [2.45, 2.75) is 38.7 Å². The molecule has 1 aromatic carbocycles. The van der Waals surface area contributed by atoms with E-state index in [0.717, 1.165) is 12.8 Å².